The normalized spacial score (nSPS) is 16.8. The van der Waals surface area contributed by atoms with E-state index >= 15 is 0 Å². The van der Waals surface area contributed by atoms with Crippen molar-refractivity contribution in [2.24, 2.45) is 0 Å². The summed E-state index contributed by atoms with van der Waals surface area (Å²) in [5.41, 5.74) is 8.56. The monoisotopic (exact) mass is 376 g/mol. The highest BCUT2D eigenvalue weighted by atomic mass is 19.1. The number of hydrogen-bond acceptors (Lipinski definition) is 4. The van der Waals surface area contributed by atoms with E-state index in [0.29, 0.717) is 28.9 Å². The Hall–Kier alpha value is -3.28. The Labute approximate surface area is 163 Å². The molecule has 2 heterocycles. The first kappa shape index (κ1) is 18.1. The number of carbonyl (C=O) groups excluding carboxylic acids is 1. The number of benzene rings is 2. The first-order chi connectivity index (χ1) is 13.6. The highest BCUT2D eigenvalue weighted by molar-refractivity contribution is 5.94. The maximum absolute atomic E-state index is 13.8. The second-order valence-electron chi connectivity index (χ2n) is 6.91. The molecule has 1 aliphatic rings. The van der Waals surface area contributed by atoms with Crippen molar-refractivity contribution >= 4 is 11.9 Å². The predicted octanol–water partition coefficient (Wildman–Crippen LogP) is 4.23. The van der Waals surface area contributed by atoms with Crippen molar-refractivity contribution in [3.63, 3.8) is 0 Å². The lowest BCUT2D eigenvalue weighted by Crippen LogP contribution is -2.39. The molecule has 5 nitrogen and oxygen atoms in total. The Morgan fingerprint density at radius 1 is 1.11 bits per heavy atom. The summed E-state index contributed by atoms with van der Waals surface area (Å²) in [6.07, 6.45) is 4.31. The molecular formula is C22H21FN4O. The zero-order valence-electron chi connectivity index (χ0n) is 15.4. The summed E-state index contributed by atoms with van der Waals surface area (Å²) in [6.45, 7) is 0.644. The van der Waals surface area contributed by atoms with Crippen LogP contribution in [0.4, 0.5) is 10.3 Å². The van der Waals surface area contributed by atoms with Crippen LogP contribution in [0.3, 0.4) is 0 Å². The van der Waals surface area contributed by atoms with Crippen molar-refractivity contribution in [2.45, 2.75) is 25.3 Å². The highest BCUT2D eigenvalue weighted by Crippen LogP contribution is 2.36. The molecule has 2 aromatic carbocycles. The summed E-state index contributed by atoms with van der Waals surface area (Å²) in [4.78, 5) is 23.6. The van der Waals surface area contributed by atoms with E-state index in [1.54, 1.807) is 12.3 Å². The molecule has 4 rings (SSSR count). The van der Waals surface area contributed by atoms with Crippen molar-refractivity contribution in [3.05, 3.63) is 77.9 Å². The van der Waals surface area contributed by atoms with Gasteiger partial charge in [0.25, 0.3) is 5.91 Å². The summed E-state index contributed by atoms with van der Waals surface area (Å²) in [7, 11) is 0. The van der Waals surface area contributed by atoms with Gasteiger partial charge in [-0.3, -0.25) is 4.79 Å². The third-order valence-electron chi connectivity index (χ3n) is 5.07. The zero-order valence-corrected chi connectivity index (χ0v) is 15.4. The minimum absolute atomic E-state index is 0.0346. The van der Waals surface area contributed by atoms with Crippen LogP contribution >= 0.6 is 0 Å². The van der Waals surface area contributed by atoms with Crippen LogP contribution in [-0.4, -0.2) is 27.3 Å². The second-order valence-corrected chi connectivity index (χ2v) is 6.91. The van der Waals surface area contributed by atoms with E-state index in [4.69, 9.17) is 5.73 Å². The first-order valence-corrected chi connectivity index (χ1v) is 9.38. The van der Waals surface area contributed by atoms with Gasteiger partial charge in [-0.25, -0.2) is 14.4 Å². The van der Waals surface area contributed by atoms with E-state index in [9.17, 15) is 9.18 Å². The van der Waals surface area contributed by atoms with Gasteiger partial charge in [0.2, 0.25) is 5.95 Å². The van der Waals surface area contributed by atoms with Crippen LogP contribution in [0, 0.1) is 5.82 Å². The summed E-state index contributed by atoms with van der Waals surface area (Å²) < 4.78 is 13.8. The van der Waals surface area contributed by atoms with Gasteiger partial charge in [0.05, 0.1) is 11.7 Å². The maximum atomic E-state index is 13.8. The van der Waals surface area contributed by atoms with Gasteiger partial charge < -0.3 is 10.6 Å². The average molecular weight is 376 g/mol. The van der Waals surface area contributed by atoms with Crippen LogP contribution in [0.5, 0.6) is 0 Å². The molecule has 1 aliphatic heterocycles. The van der Waals surface area contributed by atoms with Gasteiger partial charge >= 0.3 is 0 Å². The molecular weight excluding hydrogens is 355 g/mol. The predicted molar refractivity (Wildman–Crippen MR) is 106 cm³/mol. The number of nitrogen functional groups attached to an aromatic ring is 1. The Bertz CT molecular complexity index is 993. The number of nitrogens with two attached hydrogens (primary N) is 1. The number of aromatic nitrogens is 2. The van der Waals surface area contributed by atoms with Crippen LogP contribution in [0.15, 0.2) is 60.8 Å². The van der Waals surface area contributed by atoms with Gasteiger partial charge in [-0.05, 0) is 49.1 Å². The van der Waals surface area contributed by atoms with Crippen LogP contribution in [0.2, 0.25) is 0 Å². The maximum Gasteiger partial charge on any atom is 0.254 e. The van der Waals surface area contributed by atoms with Crippen molar-refractivity contribution in [2.75, 3.05) is 12.3 Å². The van der Waals surface area contributed by atoms with Crippen LogP contribution in [0.1, 0.15) is 41.4 Å². The van der Waals surface area contributed by atoms with Crippen LogP contribution in [0.25, 0.3) is 11.1 Å². The molecule has 1 saturated heterocycles. The van der Waals surface area contributed by atoms with E-state index in [0.717, 1.165) is 19.3 Å². The first-order valence-electron chi connectivity index (χ1n) is 9.38. The van der Waals surface area contributed by atoms with E-state index in [-0.39, 0.29) is 23.7 Å². The molecule has 0 unspecified atom stereocenters. The fourth-order valence-electron chi connectivity index (χ4n) is 3.75. The highest BCUT2D eigenvalue weighted by Gasteiger charge is 2.31. The molecule has 142 valence electrons. The van der Waals surface area contributed by atoms with Crippen molar-refractivity contribution in [1.82, 2.24) is 14.9 Å². The molecule has 0 radical (unpaired) electrons. The SMILES string of the molecule is Nc1ncc(-c2cccc(F)c2)c([C@@H]2CCCCN2C(=O)c2ccccc2)n1. The van der Waals surface area contributed by atoms with Crippen LogP contribution < -0.4 is 5.73 Å². The standard InChI is InChI=1S/C22H21FN4O/c23-17-10-6-9-16(13-17)18-14-25-22(24)26-20(18)19-11-4-5-12-27(19)21(28)15-7-2-1-3-8-15/h1-3,6-10,13-14,19H,4-5,11-12H2,(H2,24,25,26)/t19-/m0/s1. The molecule has 2 N–H and O–H groups in total. The Kier molecular flexibility index (Phi) is 5.02. The van der Waals surface area contributed by atoms with E-state index in [2.05, 4.69) is 9.97 Å². The minimum Gasteiger partial charge on any atom is -0.368 e. The van der Waals surface area contributed by atoms with E-state index < -0.39 is 0 Å². The summed E-state index contributed by atoms with van der Waals surface area (Å²) in [6, 6.07) is 15.3. The molecule has 3 aromatic rings. The third-order valence-corrected chi connectivity index (χ3v) is 5.07. The summed E-state index contributed by atoms with van der Waals surface area (Å²) in [5.74, 6) is -0.221. The van der Waals surface area contributed by atoms with E-state index in [1.807, 2.05) is 41.3 Å². The van der Waals surface area contributed by atoms with Gasteiger partial charge in [0.1, 0.15) is 5.82 Å². The fraction of sp³-hybridized carbons (Fsp3) is 0.227. The number of nitrogens with zero attached hydrogens (tertiary/aromatic N) is 3. The number of carbonyl (C=O) groups is 1. The van der Waals surface area contributed by atoms with Crippen molar-refractivity contribution < 1.29 is 9.18 Å². The molecule has 0 spiro atoms. The van der Waals surface area contributed by atoms with Gasteiger partial charge in [-0.15, -0.1) is 0 Å². The largest absolute Gasteiger partial charge is 0.368 e. The average Bonchev–Trinajstić information content (AvgIpc) is 2.74. The second kappa shape index (κ2) is 7.76. The number of likely N-dealkylation sites (tertiary alicyclic amines) is 1. The quantitative estimate of drug-likeness (QED) is 0.742. The summed E-state index contributed by atoms with van der Waals surface area (Å²) in [5, 5.41) is 0. The minimum atomic E-state index is -0.332. The zero-order chi connectivity index (χ0) is 19.5. The molecule has 1 aromatic heterocycles. The third kappa shape index (κ3) is 3.58. The number of rotatable bonds is 3. The molecule has 1 atom stereocenters. The number of halogens is 1. The number of piperidine rings is 1. The lowest BCUT2D eigenvalue weighted by atomic mass is 9.93. The van der Waals surface area contributed by atoms with Crippen molar-refractivity contribution in [3.8, 4) is 11.1 Å². The van der Waals surface area contributed by atoms with Gasteiger partial charge in [-0.2, -0.15) is 0 Å². The number of hydrogen-bond donors (Lipinski definition) is 1. The molecule has 6 heteroatoms. The smallest absolute Gasteiger partial charge is 0.254 e. The lowest BCUT2D eigenvalue weighted by Gasteiger charge is -2.36. The van der Waals surface area contributed by atoms with E-state index in [1.165, 1.54) is 12.1 Å². The van der Waals surface area contributed by atoms with Gasteiger partial charge in [-0.1, -0.05) is 30.3 Å². The molecule has 1 fully saturated rings. The number of amides is 1. The van der Waals surface area contributed by atoms with Crippen LogP contribution in [-0.2, 0) is 0 Å². The van der Waals surface area contributed by atoms with Gasteiger partial charge in [0, 0.05) is 23.9 Å². The molecule has 1 amide bonds. The van der Waals surface area contributed by atoms with Gasteiger partial charge in [0.15, 0.2) is 0 Å². The fourth-order valence-corrected chi connectivity index (χ4v) is 3.75. The lowest BCUT2D eigenvalue weighted by molar-refractivity contribution is 0.0607. The molecule has 28 heavy (non-hydrogen) atoms. The Morgan fingerprint density at radius 3 is 2.71 bits per heavy atom. The molecule has 0 saturated carbocycles. The van der Waals surface area contributed by atoms with Crippen molar-refractivity contribution in [1.29, 1.82) is 0 Å². The molecule has 0 aliphatic carbocycles. The topological polar surface area (TPSA) is 72.1 Å². The Morgan fingerprint density at radius 2 is 1.93 bits per heavy atom. The summed E-state index contributed by atoms with van der Waals surface area (Å²) >= 11 is 0. The Balaban J connectivity index is 1.78. The number of anilines is 1. The molecule has 0 bridgehead atoms.